The van der Waals surface area contributed by atoms with Crippen molar-refractivity contribution in [3.8, 4) is 5.75 Å². The molecule has 0 bridgehead atoms. The van der Waals surface area contributed by atoms with E-state index in [1.807, 2.05) is 35.7 Å². The lowest BCUT2D eigenvalue weighted by Crippen LogP contribution is -2.28. The molecule has 2 heterocycles. The van der Waals surface area contributed by atoms with Gasteiger partial charge in [0.1, 0.15) is 22.8 Å². The molecule has 1 aromatic carbocycles. The Morgan fingerprint density at radius 3 is 2.76 bits per heavy atom. The van der Waals surface area contributed by atoms with Gasteiger partial charge in [-0.3, -0.25) is 4.79 Å². The molecule has 130 valence electrons. The van der Waals surface area contributed by atoms with E-state index < -0.39 is 5.97 Å². The molecule has 0 atom stereocenters. The predicted molar refractivity (Wildman–Crippen MR) is 96.0 cm³/mol. The summed E-state index contributed by atoms with van der Waals surface area (Å²) in [7, 11) is 2.92. The minimum absolute atomic E-state index is 0.0452. The molecule has 0 spiro atoms. The number of nitrogens with one attached hydrogen (secondary N) is 1. The second-order valence-corrected chi connectivity index (χ2v) is 6.27. The highest BCUT2D eigenvalue weighted by Crippen LogP contribution is 2.25. The molecule has 0 saturated heterocycles. The Hall–Kier alpha value is -2.80. The van der Waals surface area contributed by atoms with Crippen LogP contribution in [0.2, 0.25) is 0 Å². The van der Waals surface area contributed by atoms with Gasteiger partial charge in [0.15, 0.2) is 0 Å². The number of aromatic nitrogens is 1. The second-order valence-electron chi connectivity index (χ2n) is 5.38. The van der Waals surface area contributed by atoms with Gasteiger partial charge < -0.3 is 19.4 Å². The van der Waals surface area contributed by atoms with Crippen LogP contribution in [0.25, 0.3) is 10.2 Å². The van der Waals surface area contributed by atoms with Gasteiger partial charge >= 0.3 is 5.97 Å². The van der Waals surface area contributed by atoms with Gasteiger partial charge in [-0.1, -0.05) is 18.2 Å². The Balaban J connectivity index is 1.75. The fraction of sp³-hybridized carbons (Fsp3) is 0.222. The van der Waals surface area contributed by atoms with Gasteiger partial charge in [0, 0.05) is 17.5 Å². The molecule has 0 aliphatic carbocycles. The summed E-state index contributed by atoms with van der Waals surface area (Å²) in [4.78, 5) is 25.2. The average Bonchev–Trinajstić information content (AvgIpc) is 3.22. The normalized spacial score (nSPS) is 10.6. The van der Waals surface area contributed by atoms with Crippen LogP contribution >= 0.6 is 11.3 Å². The quantitative estimate of drug-likeness (QED) is 0.688. The minimum Gasteiger partial charge on any atom is -0.496 e. The first-order chi connectivity index (χ1) is 12.1. The van der Waals surface area contributed by atoms with Gasteiger partial charge in [0.2, 0.25) is 5.91 Å². The van der Waals surface area contributed by atoms with Crippen molar-refractivity contribution < 1.29 is 19.1 Å². The fourth-order valence-corrected chi connectivity index (χ4v) is 3.54. The number of amides is 1. The summed E-state index contributed by atoms with van der Waals surface area (Å²) in [5, 5.41) is 5.71. The maximum absolute atomic E-state index is 12.4. The van der Waals surface area contributed by atoms with Crippen LogP contribution in [0.4, 0.5) is 0 Å². The number of nitrogens with zero attached hydrogens (tertiary/aromatic N) is 1. The predicted octanol–water partition coefficient (Wildman–Crippen LogP) is 2.81. The molecule has 0 aliphatic rings. The molecule has 3 aromatic rings. The van der Waals surface area contributed by atoms with E-state index >= 15 is 0 Å². The lowest BCUT2D eigenvalue weighted by Gasteiger charge is -2.11. The van der Waals surface area contributed by atoms with E-state index in [2.05, 4.69) is 5.32 Å². The van der Waals surface area contributed by atoms with Crippen molar-refractivity contribution in [3.05, 3.63) is 53.0 Å². The van der Waals surface area contributed by atoms with Gasteiger partial charge in [0.25, 0.3) is 0 Å². The van der Waals surface area contributed by atoms with Crippen LogP contribution < -0.4 is 10.1 Å². The molecule has 3 rings (SSSR count). The topological polar surface area (TPSA) is 69.6 Å². The smallest absolute Gasteiger partial charge is 0.354 e. The summed E-state index contributed by atoms with van der Waals surface area (Å²) in [6.07, 6.45) is 0. The van der Waals surface area contributed by atoms with Gasteiger partial charge in [0.05, 0.1) is 14.2 Å². The van der Waals surface area contributed by atoms with Crippen LogP contribution in [0.15, 0.2) is 41.8 Å². The van der Waals surface area contributed by atoms with Crippen LogP contribution in [0.1, 0.15) is 16.1 Å². The number of carbonyl (C=O) groups excluding carboxylic acids is 2. The van der Waals surface area contributed by atoms with Crippen LogP contribution in [0.5, 0.6) is 5.75 Å². The molecule has 1 N–H and O–H groups in total. The van der Waals surface area contributed by atoms with E-state index in [0.717, 1.165) is 21.5 Å². The van der Waals surface area contributed by atoms with E-state index in [-0.39, 0.29) is 12.5 Å². The third kappa shape index (κ3) is 3.51. The Morgan fingerprint density at radius 1 is 1.20 bits per heavy atom. The number of hydrogen-bond donors (Lipinski definition) is 1. The Morgan fingerprint density at radius 2 is 2.00 bits per heavy atom. The summed E-state index contributed by atoms with van der Waals surface area (Å²) in [6, 6.07) is 11.2. The molecule has 0 unspecified atom stereocenters. The summed E-state index contributed by atoms with van der Waals surface area (Å²) in [5.41, 5.74) is 1.26. The van der Waals surface area contributed by atoms with Crippen molar-refractivity contribution in [2.45, 2.75) is 13.1 Å². The standard InChI is InChI=1S/C18H18N2O4S/c1-23-15-6-4-3-5-13(15)10-19-16(21)11-20-14(18(22)24-2)9-12-7-8-25-17(12)20/h3-9H,10-11H2,1-2H3,(H,19,21). The molecule has 6 nitrogen and oxygen atoms in total. The maximum atomic E-state index is 12.4. The lowest BCUT2D eigenvalue weighted by molar-refractivity contribution is -0.121. The van der Waals surface area contributed by atoms with E-state index in [0.29, 0.717) is 12.2 Å². The first-order valence-electron chi connectivity index (χ1n) is 7.67. The Labute approximate surface area is 149 Å². The Bertz CT molecular complexity index is 913. The first kappa shape index (κ1) is 17.0. The minimum atomic E-state index is -0.457. The van der Waals surface area contributed by atoms with E-state index in [4.69, 9.17) is 9.47 Å². The molecule has 0 radical (unpaired) electrons. The van der Waals surface area contributed by atoms with Crippen LogP contribution in [0, 0.1) is 0 Å². The van der Waals surface area contributed by atoms with Crippen molar-refractivity contribution in [1.82, 2.24) is 9.88 Å². The molecule has 0 fully saturated rings. The molecule has 0 aliphatic heterocycles. The molecule has 7 heteroatoms. The monoisotopic (exact) mass is 358 g/mol. The van der Waals surface area contributed by atoms with Crippen molar-refractivity contribution in [1.29, 1.82) is 0 Å². The van der Waals surface area contributed by atoms with Crippen LogP contribution in [-0.4, -0.2) is 30.7 Å². The number of esters is 1. The van der Waals surface area contributed by atoms with Crippen molar-refractivity contribution in [2.75, 3.05) is 14.2 Å². The largest absolute Gasteiger partial charge is 0.496 e. The highest BCUT2D eigenvalue weighted by Gasteiger charge is 2.19. The van der Waals surface area contributed by atoms with Crippen molar-refractivity contribution in [3.63, 3.8) is 0 Å². The highest BCUT2D eigenvalue weighted by molar-refractivity contribution is 7.16. The summed E-state index contributed by atoms with van der Waals surface area (Å²) < 4.78 is 11.8. The van der Waals surface area contributed by atoms with Crippen LogP contribution in [0.3, 0.4) is 0 Å². The Kier molecular flexibility index (Phi) is 5.04. The van der Waals surface area contributed by atoms with Crippen molar-refractivity contribution in [2.24, 2.45) is 0 Å². The lowest BCUT2D eigenvalue weighted by atomic mass is 10.2. The fourth-order valence-electron chi connectivity index (χ4n) is 2.65. The van der Waals surface area contributed by atoms with E-state index in [1.54, 1.807) is 17.7 Å². The molecule has 2 aromatic heterocycles. The molecular formula is C18H18N2O4S. The maximum Gasteiger partial charge on any atom is 0.354 e. The zero-order valence-corrected chi connectivity index (χ0v) is 14.8. The number of benzene rings is 1. The number of fused-ring (bicyclic) bond motifs is 1. The number of ether oxygens (including phenoxy) is 2. The van der Waals surface area contributed by atoms with E-state index in [9.17, 15) is 9.59 Å². The van der Waals surface area contributed by atoms with Gasteiger partial charge in [-0.25, -0.2) is 4.79 Å². The van der Waals surface area contributed by atoms with Gasteiger partial charge in [-0.2, -0.15) is 0 Å². The molecular weight excluding hydrogens is 340 g/mol. The molecule has 1 amide bonds. The summed E-state index contributed by atoms with van der Waals surface area (Å²) in [5.74, 6) is 0.0718. The van der Waals surface area contributed by atoms with Gasteiger partial charge in [-0.15, -0.1) is 11.3 Å². The SMILES string of the molecule is COC(=O)c1cc2ccsc2n1CC(=O)NCc1ccccc1OC. The number of hydrogen-bond acceptors (Lipinski definition) is 5. The number of thiophene rings is 1. The third-order valence-corrected chi connectivity index (χ3v) is 4.82. The summed E-state index contributed by atoms with van der Waals surface area (Å²) in [6.45, 7) is 0.398. The second kappa shape index (κ2) is 7.40. The van der Waals surface area contributed by atoms with E-state index in [1.165, 1.54) is 18.4 Å². The first-order valence-corrected chi connectivity index (χ1v) is 8.55. The zero-order valence-electron chi connectivity index (χ0n) is 13.9. The average molecular weight is 358 g/mol. The number of rotatable bonds is 6. The van der Waals surface area contributed by atoms with Crippen LogP contribution in [-0.2, 0) is 22.6 Å². The highest BCUT2D eigenvalue weighted by atomic mass is 32.1. The van der Waals surface area contributed by atoms with Gasteiger partial charge in [-0.05, 0) is 23.6 Å². The number of carbonyl (C=O) groups is 2. The van der Waals surface area contributed by atoms with Crippen molar-refractivity contribution >= 4 is 33.4 Å². The summed E-state index contributed by atoms with van der Waals surface area (Å²) >= 11 is 1.48. The number of methoxy groups -OCH3 is 2. The number of para-hydroxylation sites is 1. The zero-order chi connectivity index (χ0) is 17.8. The molecule has 0 saturated carbocycles. The molecule has 25 heavy (non-hydrogen) atoms. The third-order valence-electron chi connectivity index (χ3n) is 3.87.